The largest absolute Gasteiger partial charge is 0.457 e. The van der Waals surface area contributed by atoms with Crippen molar-refractivity contribution < 1.29 is 55.9 Å². The Bertz CT molecular complexity index is 1770. The molecule has 2 fully saturated rings. The van der Waals surface area contributed by atoms with Gasteiger partial charge in [-0.3, -0.25) is 28.6 Å². The standard InChI is InChI=1S/C28H29ClN2O12S2.C6H15N/c1-14(32)42-19-12-17(11-18(29)21(19)43-15(2)33)22(45(37,38)39)23(34)30-20-24(35)31-25(20)44-27(3,4)28(31,40-5)26(36)41-13-16-9-7-6-8-10-16;1-4-7(5-2)6-3/h6-12,20,22,25H,13H2,1-5H3,(H,30,34)(H,37,38,39);4-6H2,1-3H3/t20-,22?,25+,28+;/m0./s1. The molecule has 4 rings (SSSR count). The summed E-state index contributed by atoms with van der Waals surface area (Å²) in [5.41, 5.74) is -1.66. The van der Waals surface area contributed by atoms with Crippen molar-refractivity contribution in [3.63, 3.8) is 0 Å². The van der Waals surface area contributed by atoms with Crippen LogP contribution < -0.4 is 14.8 Å². The van der Waals surface area contributed by atoms with E-state index in [9.17, 15) is 36.9 Å². The lowest BCUT2D eigenvalue weighted by Gasteiger charge is -2.49. The number of β-lactam (4-membered cyclic amide) rings is 1. The minimum Gasteiger partial charge on any atom is -0.457 e. The highest BCUT2D eigenvalue weighted by atomic mass is 35.5. The van der Waals surface area contributed by atoms with Gasteiger partial charge >= 0.3 is 17.9 Å². The summed E-state index contributed by atoms with van der Waals surface area (Å²) < 4.78 is 55.1. The molecule has 0 aliphatic carbocycles. The predicted molar refractivity (Wildman–Crippen MR) is 192 cm³/mol. The van der Waals surface area contributed by atoms with Gasteiger partial charge in [0.15, 0.2) is 16.7 Å². The normalized spacial score (nSPS) is 20.8. The molecule has 2 aliphatic rings. The van der Waals surface area contributed by atoms with E-state index in [1.807, 2.05) is 0 Å². The number of rotatable bonds is 13. The van der Waals surface area contributed by atoms with Gasteiger partial charge in [0.05, 0.1) is 9.77 Å². The summed E-state index contributed by atoms with van der Waals surface area (Å²) in [6.45, 7) is 15.4. The van der Waals surface area contributed by atoms with Crippen molar-refractivity contribution in [3.05, 3.63) is 58.6 Å². The quantitative estimate of drug-likeness (QED) is 0.129. The molecule has 4 atom stereocenters. The van der Waals surface area contributed by atoms with Crippen LogP contribution in [0.1, 0.15) is 64.8 Å². The van der Waals surface area contributed by atoms with Crippen LogP contribution in [0.2, 0.25) is 5.02 Å². The summed E-state index contributed by atoms with van der Waals surface area (Å²) in [6, 6.07) is 9.31. The van der Waals surface area contributed by atoms with E-state index in [-0.39, 0.29) is 6.61 Å². The molecule has 2 aromatic rings. The molecule has 2 heterocycles. The lowest BCUT2D eigenvalue weighted by Crippen LogP contribution is -2.76. The number of methoxy groups -OCH3 is 1. The van der Waals surface area contributed by atoms with Gasteiger partial charge in [0, 0.05) is 21.0 Å². The van der Waals surface area contributed by atoms with Gasteiger partial charge in [0.25, 0.3) is 21.8 Å². The van der Waals surface area contributed by atoms with Crippen LogP contribution in [0, 0.1) is 0 Å². The highest BCUT2D eigenvalue weighted by Crippen LogP contribution is 2.57. The Labute approximate surface area is 312 Å². The molecule has 0 spiro atoms. The molecule has 15 nitrogen and oxygen atoms in total. The maximum Gasteiger partial charge on any atom is 0.361 e. The molecule has 0 saturated carbocycles. The summed E-state index contributed by atoms with van der Waals surface area (Å²) >= 11 is 7.29. The minimum absolute atomic E-state index is 0.0947. The van der Waals surface area contributed by atoms with E-state index in [1.165, 1.54) is 26.7 Å². The van der Waals surface area contributed by atoms with Gasteiger partial charge in [-0.05, 0) is 56.7 Å². The van der Waals surface area contributed by atoms with Gasteiger partial charge in [0.1, 0.15) is 18.0 Å². The molecule has 2 saturated heterocycles. The van der Waals surface area contributed by atoms with Crippen LogP contribution in [0.25, 0.3) is 0 Å². The highest BCUT2D eigenvalue weighted by Gasteiger charge is 2.74. The van der Waals surface area contributed by atoms with Crippen LogP contribution >= 0.6 is 23.4 Å². The van der Waals surface area contributed by atoms with Crippen molar-refractivity contribution in [1.29, 1.82) is 0 Å². The van der Waals surface area contributed by atoms with Gasteiger partial charge in [0.2, 0.25) is 5.91 Å². The topological polar surface area (TPSA) is 195 Å². The highest BCUT2D eigenvalue weighted by molar-refractivity contribution is 8.01. The lowest BCUT2D eigenvalue weighted by atomic mass is 9.91. The third kappa shape index (κ3) is 9.06. The zero-order valence-corrected chi connectivity index (χ0v) is 32.5. The molecule has 0 bridgehead atoms. The Morgan fingerprint density at radius 1 is 1.02 bits per heavy atom. The van der Waals surface area contributed by atoms with Gasteiger partial charge < -0.3 is 29.2 Å². The van der Waals surface area contributed by atoms with Crippen molar-refractivity contribution in [2.45, 2.75) is 82.2 Å². The van der Waals surface area contributed by atoms with E-state index in [0.29, 0.717) is 5.56 Å². The Balaban J connectivity index is 0.000000944. The smallest absolute Gasteiger partial charge is 0.361 e. The van der Waals surface area contributed by atoms with Gasteiger partial charge in [-0.25, -0.2) is 4.79 Å². The number of esters is 3. The van der Waals surface area contributed by atoms with Crippen molar-refractivity contribution >= 4 is 63.2 Å². The van der Waals surface area contributed by atoms with E-state index in [1.54, 1.807) is 44.2 Å². The maximum absolute atomic E-state index is 13.5. The van der Waals surface area contributed by atoms with Crippen LogP contribution in [0.4, 0.5) is 0 Å². The number of nitrogens with one attached hydrogen (secondary N) is 1. The molecule has 18 heteroatoms. The van der Waals surface area contributed by atoms with Crippen LogP contribution in [-0.4, -0.2) is 101 Å². The third-order valence-corrected chi connectivity index (χ3v) is 11.4. The fourth-order valence-corrected chi connectivity index (χ4v) is 8.67. The molecular formula is C34H44ClN3O12S2. The first kappa shape index (κ1) is 42.7. The average Bonchev–Trinajstić information content (AvgIpc) is 3.28. The fourth-order valence-electron chi connectivity index (χ4n) is 5.89. The average molecular weight is 786 g/mol. The summed E-state index contributed by atoms with van der Waals surface area (Å²) in [7, 11) is -3.99. The van der Waals surface area contributed by atoms with E-state index >= 15 is 0 Å². The van der Waals surface area contributed by atoms with E-state index in [2.05, 4.69) is 31.0 Å². The van der Waals surface area contributed by atoms with Crippen molar-refractivity contribution in [2.24, 2.45) is 0 Å². The number of amides is 2. The van der Waals surface area contributed by atoms with E-state index in [0.717, 1.165) is 42.6 Å². The number of nitrogens with zero attached hydrogens (tertiary/aromatic N) is 2. The van der Waals surface area contributed by atoms with Gasteiger partial charge in [-0.1, -0.05) is 62.7 Å². The summed E-state index contributed by atoms with van der Waals surface area (Å²) in [5, 5.41) is -1.34. The van der Waals surface area contributed by atoms with Crippen LogP contribution in [0.3, 0.4) is 0 Å². The van der Waals surface area contributed by atoms with Gasteiger partial charge in [-0.2, -0.15) is 8.42 Å². The Hall–Kier alpha value is -3.74. The SMILES string of the molecule is CCN(CC)CC.CO[C@@]1(C(=O)OCc2ccccc2)N2C(=O)[C@H](NC(=O)C(c3cc(Cl)c(OC(C)=O)c(OC(C)=O)c3)S(=O)(=O)O)[C@H]2SC1(C)C. The first-order valence-electron chi connectivity index (χ1n) is 16.3. The second kappa shape index (κ2) is 17.4. The number of carbonyl (C=O) groups is 5. The molecule has 52 heavy (non-hydrogen) atoms. The summed E-state index contributed by atoms with van der Waals surface area (Å²) in [5.74, 6) is -5.62. The van der Waals surface area contributed by atoms with Crippen molar-refractivity contribution in [1.82, 2.24) is 15.1 Å². The number of carbonyl (C=O) groups excluding carboxylic acids is 5. The maximum atomic E-state index is 13.5. The minimum atomic E-state index is -5.23. The van der Waals surface area contributed by atoms with Crippen LogP contribution in [0.5, 0.6) is 11.5 Å². The van der Waals surface area contributed by atoms with Gasteiger partial charge in [-0.15, -0.1) is 11.8 Å². The molecule has 0 radical (unpaired) electrons. The molecule has 2 amide bonds. The predicted octanol–water partition coefficient (Wildman–Crippen LogP) is 3.73. The van der Waals surface area contributed by atoms with E-state index in [4.69, 9.17) is 30.5 Å². The Morgan fingerprint density at radius 3 is 2.08 bits per heavy atom. The number of fused-ring (bicyclic) bond motifs is 1. The number of hydrogen-bond acceptors (Lipinski definition) is 13. The molecular weight excluding hydrogens is 742 g/mol. The second-order valence-electron chi connectivity index (χ2n) is 12.2. The molecule has 2 aliphatic heterocycles. The molecule has 2 aromatic carbocycles. The first-order chi connectivity index (χ1) is 24.3. The fraction of sp³-hybridized carbons (Fsp3) is 0.500. The number of thioether (sulfide) groups is 1. The summed E-state index contributed by atoms with van der Waals surface area (Å²) in [4.78, 5) is 67.1. The molecule has 1 unspecified atom stereocenters. The summed E-state index contributed by atoms with van der Waals surface area (Å²) in [6.07, 6.45) is 0. The third-order valence-electron chi connectivity index (χ3n) is 8.41. The second-order valence-corrected chi connectivity index (χ2v) is 15.8. The van der Waals surface area contributed by atoms with Crippen LogP contribution in [-0.2, 0) is 50.2 Å². The molecule has 286 valence electrons. The monoisotopic (exact) mass is 785 g/mol. The van der Waals surface area contributed by atoms with Crippen molar-refractivity contribution in [3.8, 4) is 11.5 Å². The van der Waals surface area contributed by atoms with Crippen molar-refractivity contribution in [2.75, 3.05) is 26.7 Å². The Morgan fingerprint density at radius 2 is 1.60 bits per heavy atom. The van der Waals surface area contributed by atoms with Crippen LogP contribution in [0.15, 0.2) is 42.5 Å². The number of halogens is 1. The zero-order valence-electron chi connectivity index (χ0n) is 30.1. The Kier molecular flexibility index (Phi) is 14.3. The molecule has 0 aromatic heterocycles. The zero-order chi connectivity index (χ0) is 39.2. The lowest BCUT2D eigenvalue weighted by molar-refractivity contribution is -0.216. The first-order valence-corrected chi connectivity index (χ1v) is 19.0. The number of benzene rings is 2. The number of ether oxygens (including phenoxy) is 4. The number of hydrogen-bond donors (Lipinski definition) is 2. The van der Waals surface area contributed by atoms with E-state index < -0.39 is 89.1 Å². The molecule has 2 N–H and O–H groups in total.